The molecule has 0 spiro atoms. The molecule has 4 nitrogen and oxygen atoms in total. The lowest BCUT2D eigenvalue weighted by Crippen LogP contribution is -2.36. The summed E-state index contributed by atoms with van der Waals surface area (Å²) in [5, 5.41) is 7.17. The number of benzene rings is 1. The molecule has 2 aromatic heterocycles. The molecular weight excluding hydrogens is 338 g/mol. The van der Waals surface area contributed by atoms with Gasteiger partial charge in [0.15, 0.2) is 0 Å². The lowest BCUT2D eigenvalue weighted by atomic mass is 10.00. The quantitative estimate of drug-likeness (QED) is 0.718. The molecule has 0 saturated carbocycles. The number of thioether (sulfide) groups is 1. The second-order valence-electron chi connectivity index (χ2n) is 5.70. The number of hydrogen-bond donors (Lipinski definition) is 1. The minimum atomic E-state index is 0.141. The minimum Gasteiger partial charge on any atom is -0.334 e. The van der Waals surface area contributed by atoms with Gasteiger partial charge in [0.2, 0.25) is 0 Å². The molecule has 0 aliphatic carbocycles. The molecule has 0 fully saturated rings. The zero-order valence-electron chi connectivity index (χ0n) is 13.3. The van der Waals surface area contributed by atoms with E-state index in [1.165, 1.54) is 5.56 Å². The van der Waals surface area contributed by atoms with Gasteiger partial charge in [-0.05, 0) is 29.9 Å². The Morgan fingerprint density at radius 1 is 1.29 bits per heavy atom. The molecule has 0 bridgehead atoms. The first-order valence-corrected chi connectivity index (χ1v) is 9.85. The maximum absolute atomic E-state index is 13.1. The van der Waals surface area contributed by atoms with Crippen LogP contribution in [-0.4, -0.2) is 33.8 Å². The maximum atomic E-state index is 13.1. The molecule has 0 radical (unpaired) electrons. The van der Waals surface area contributed by atoms with E-state index in [9.17, 15) is 4.79 Å². The standard InChI is InChI=1S/C18H17N3OS2/c1-23-18-15-13(16(24-18)14-7-9-19-20-14)8-10-21(17(15)22)11-12-5-3-2-4-6-12/h2-7,9H,8,10-11H2,1H3,(H,19,20). The van der Waals surface area contributed by atoms with Gasteiger partial charge in [-0.25, -0.2) is 0 Å². The van der Waals surface area contributed by atoms with Crippen molar-refractivity contribution in [2.75, 3.05) is 12.8 Å². The highest BCUT2D eigenvalue weighted by Crippen LogP contribution is 2.43. The van der Waals surface area contributed by atoms with Gasteiger partial charge < -0.3 is 4.90 Å². The largest absolute Gasteiger partial charge is 0.334 e. The summed E-state index contributed by atoms with van der Waals surface area (Å²) < 4.78 is 1.09. The van der Waals surface area contributed by atoms with Crippen LogP contribution in [0.15, 0.2) is 46.8 Å². The molecule has 122 valence electrons. The van der Waals surface area contributed by atoms with Crippen LogP contribution in [0.25, 0.3) is 10.6 Å². The van der Waals surface area contributed by atoms with E-state index >= 15 is 0 Å². The highest BCUT2D eigenvalue weighted by molar-refractivity contribution is 8.00. The Bertz CT molecular complexity index is 856. The Hall–Kier alpha value is -2.05. The fraction of sp³-hybridized carbons (Fsp3) is 0.222. The first-order valence-electron chi connectivity index (χ1n) is 7.81. The third kappa shape index (κ3) is 2.65. The number of hydrogen-bond acceptors (Lipinski definition) is 4. The Balaban J connectivity index is 1.70. The van der Waals surface area contributed by atoms with Crippen LogP contribution in [0.1, 0.15) is 21.5 Å². The zero-order valence-corrected chi connectivity index (χ0v) is 14.9. The van der Waals surface area contributed by atoms with E-state index in [2.05, 4.69) is 22.3 Å². The summed E-state index contributed by atoms with van der Waals surface area (Å²) in [5.41, 5.74) is 4.14. The number of rotatable bonds is 4. The third-order valence-corrected chi connectivity index (χ3v) is 6.62. The van der Waals surface area contributed by atoms with Gasteiger partial charge in [0.1, 0.15) is 5.69 Å². The predicted octanol–water partition coefficient (Wildman–Crippen LogP) is 4.06. The number of H-pyrrole nitrogens is 1. The van der Waals surface area contributed by atoms with Gasteiger partial charge in [0.05, 0.1) is 14.6 Å². The molecule has 24 heavy (non-hydrogen) atoms. The van der Waals surface area contributed by atoms with Crippen LogP contribution < -0.4 is 0 Å². The molecule has 4 rings (SSSR count). The summed E-state index contributed by atoms with van der Waals surface area (Å²) in [6.45, 7) is 1.42. The van der Waals surface area contributed by atoms with Crippen LogP contribution in [0.5, 0.6) is 0 Å². The van der Waals surface area contributed by atoms with E-state index in [0.29, 0.717) is 6.54 Å². The number of aromatic amines is 1. The molecule has 1 aliphatic rings. The van der Waals surface area contributed by atoms with Gasteiger partial charge >= 0.3 is 0 Å². The lowest BCUT2D eigenvalue weighted by Gasteiger charge is -2.28. The van der Waals surface area contributed by atoms with Crippen molar-refractivity contribution in [3.05, 3.63) is 59.3 Å². The van der Waals surface area contributed by atoms with Gasteiger partial charge in [-0.2, -0.15) is 5.10 Å². The first-order chi connectivity index (χ1) is 11.8. The Morgan fingerprint density at radius 3 is 2.83 bits per heavy atom. The van der Waals surface area contributed by atoms with Crippen molar-refractivity contribution in [3.63, 3.8) is 0 Å². The number of fused-ring (bicyclic) bond motifs is 1. The van der Waals surface area contributed by atoms with Crippen molar-refractivity contribution in [3.8, 4) is 10.6 Å². The molecular formula is C18H17N3OS2. The Labute approximate surface area is 148 Å². The fourth-order valence-electron chi connectivity index (χ4n) is 3.10. The molecule has 6 heteroatoms. The average Bonchev–Trinajstić information content (AvgIpc) is 3.25. The van der Waals surface area contributed by atoms with Crippen molar-refractivity contribution in [2.24, 2.45) is 0 Å². The molecule has 3 heterocycles. The number of carbonyl (C=O) groups is 1. The summed E-state index contributed by atoms with van der Waals surface area (Å²) in [7, 11) is 0. The molecule has 0 saturated heterocycles. The zero-order chi connectivity index (χ0) is 16.5. The van der Waals surface area contributed by atoms with Crippen LogP contribution in [0.2, 0.25) is 0 Å². The second-order valence-corrected chi connectivity index (χ2v) is 7.79. The highest BCUT2D eigenvalue weighted by Gasteiger charge is 2.32. The van der Waals surface area contributed by atoms with E-state index in [4.69, 9.17) is 0 Å². The predicted molar refractivity (Wildman–Crippen MR) is 98.6 cm³/mol. The fourth-order valence-corrected chi connectivity index (χ4v) is 5.14. The number of aromatic nitrogens is 2. The van der Waals surface area contributed by atoms with Crippen LogP contribution in [-0.2, 0) is 13.0 Å². The maximum Gasteiger partial charge on any atom is 0.256 e. The Kier molecular flexibility index (Phi) is 4.16. The van der Waals surface area contributed by atoms with Crippen molar-refractivity contribution in [2.45, 2.75) is 17.2 Å². The molecule has 1 amide bonds. The molecule has 0 unspecified atom stereocenters. The number of amides is 1. The number of carbonyl (C=O) groups excluding carboxylic acids is 1. The van der Waals surface area contributed by atoms with E-state index in [0.717, 1.165) is 38.9 Å². The molecule has 0 atom stereocenters. The van der Waals surface area contributed by atoms with E-state index in [1.807, 2.05) is 41.6 Å². The lowest BCUT2D eigenvalue weighted by molar-refractivity contribution is 0.0724. The summed E-state index contributed by atoms with van der Waals surface area (Å²) >= 11 is 3.32. The third-order valence-electron chi connectivity index (χ3n) is 4.24. The van der Waals surface area contributed by atoms with E-state index < -0.39 is 0 Å². The number of nitrogens with zero attached hydrogens (tertiary/aromatic N) is 2. The van der Waals surface area contributed by atoms with Crippen LogP contribution in [0, 0.1) is 0 Å². The summed E-state index contributed by atoms with van der Waals surface area (Å²) in [6, 6.07) is 12.1. The summed E-state index contributed by atoms with van der Waals surface area (Å²) in [5.74, 6) is 0.141. The topological polar surface area (TPSA) is 49.0 Å². The van der Waals surface area contributed by atoms with Crippen molar-refractivity contribution in [1.29, 1.82) is 0 Å². The first kappa shape index (κ1) is 15.5. The van der Waals surface area contributed by atoms with Crippen molar-refractivity contribution < 1.29 is 4.79 Å². The van der Waals surface area contributed by atoms with Gasteiger partial charge in [-0.1, -0.05) is 30.3 Å². The minimum absolute atomic E-state index is 0.141. The smallest absolute Gasteiger partial charge is 0.256 e. The van der Waals surface area contributed by atoms with E-state index in [1.54, 1.807) is 23.1 Å². The second kappa shape index (κ2) is 6.45. The van der Waals surface area contributed by atoms with E-state index in [-0.39, 0.29) is 5.91 Å². The van der Waals surface area contributed by atoms with Crippen molar-refractivity contribution >= 4 is 29.0 Å². The van der Waals surface area contributed by atoms with Gasteiger partial charge in [-0.3, -0.25) is 9.89 Å². The normalized spacial score (nSPS) is 14.0. The molecule has 1 N–H and O–H groups in total. The molecule has 3 aromatic rings. The van der Waals surface area contributed by atoms with Crippen LogP contribution >= 0.6 is 23.1 Å². The van der Waals surface area contributed by atoms with Gasteiger partial charge in [0, 0.05) is 19.3 Å². The summed E-state index contributed by atoms with van der Waals surface area (Å²) in [4.78, 5) is 16.2. The average molecular weight is 355 g/mol. The van der Waals surface area contributed by atoms with Crippen LogP contribution in [0.4, 0.5) is 0 Å². The number of thiophene rings is 1. The molecule has 1 aliphatic heterocycles. The monoisotopic (exact) mass is 355 g/mol. The van der Waals surface area contributed by atoms with Crippen molar-refractivity contribution in [1.82, 2.24) is 15.1 Å². The summed E-state index contributed by atoms with van der Waals surface area (Å²) in [6.07, 6.45) is 4.74. The number of nitrogens with one attached hydrogen (secondary N) is 1. The SMILES string of the molecule is CSc1sc(-c2cc[nH]n2)c2c1C(=O)N(Cc1ccccc1)CC2. The van der Waals surface area contributed by atoms with Gasteiger partial charge in [0.25, 0.3) is 5.91 Å². The van der Waals surface area contributed by atoms with Gasteiger partial charge in [-0.15, -0.1) is 23.1 Å². The highest BCUT2D eigenvalue weighted by atomic mass is 32.2. The Morgan fingerprint density at radius 2 is 2.12 bits per heavy atom. The van der Waals surface area contributed by atoms with Crippen LogP contribution in [0.3, 0.4) is 0 Å². The molecule has 1 aromatic carbocycles.